The molecule has 2 aromatic rings. The highest BCUT2D eigenvalue weighted by atomic mass is 35.5. The SMILES string of the molecule is Cc1c(Cl)cccc1S(=O)(=O)NCc1ccnc(N(C)C)n1. The van der Waals surface area contributed by atoms with Gasteiger partial charge in [-0.25, -0.2) is 23.1 Å². The minimum absolute atomic E-state index is 0.0810. The Hall–Kier alpha value is -1.70. The van der Waals surface area contributed by atoms with E-state index < -0.39 is 10.0 Å². The van der Waals surface area contributed by atoms with Crippen molar-refractivity contribution in [1.29, 1.82) is 0 Å². The van der Waals surface area contributed by atoms with E-state index in [1.54, 1.807) is 36.2 Å². The Balaban J connectivity index is 2.20. The molecule has 0 radical (unpaired) electrons. The Labute approximate surface area is 135 Å². The third kappa shape index (κ3) is 3.73. The van der Waals surface area contributed by atoms with Gasteiger partial charge in [0.25, 0.3) is 0 Å². The van der Waals surface area contributed by atoms with E-state index in [0.29, 0.717) is 22.2 Å². The summed E-state index contributed by atoms with van der Waals surface area (Å²) in [6.07, 6.45) is 1.59. The average molecular weight is 341 g/mol. The number of rotatable bonds is 5. The molecule has 0 bridgehead atoms. The third-order valence-electron chi connectivity index (χ3n) is 3.05. The number of aromatic nitrogens is 2. The second kappa shape index (κ2) is 6.60. The summed E-state index contributed by atoms with van der Waals surface area (Å²) in [6.45, 7) is 1.75. The van der Waals surface area contributed by atoms with Gasteiger partial charge in [-0.15, -0.1) is 0 Å². The van der Waals surface area contributed by atoms with Gasteiger partial charge in [0.1, 0.15) is 0 Å². The van der Waals surface area contributed by atoms with E-state index in [4.69, 9.17) is 11.6 Å². The van der Waals surface area contributed by atoms with E-state index >= 15 is 0 Å². The maximum Gasteiger partial charge on any atom is 0.241 e. The summed E-state index contributed by atoms with van der Waals surface area (Å²) in [5, 5.41) is 0.416. The minimum Gasteiger partial charge on any atom is -0.347 e. The number of hydrogen-bond donors (Lipinski definition) is 1. The summed E-state index contributed by atoms with van der Waals surface area (Å²) in [4.78, 5) is 10.3. The van der Waals surface area contributed by atoms with Gasteiger partial charge in [-0.2, -0.15) is 0 Å². The second-order valence-corrected chi connectivity index (χ2v) is 7.07. The molecule has 2 rings (SSSR count). The van der Waals surface area contributed by atoms with Gasteiger partial charge in [0.15, 0.2) is 0 Å². The predicted molar refractivity (Wildman–Crippen MR) is 86.6 cm³/mol. The summed E-state index contributed by atoms with van der Waals surface area (Å²) in [5.41, 5.74) is 1.11. The summed E-state index contributed by atoms with van der Waals surface area (Å²) in [5.74, 6) is 0.524. The Kier molecular flexibility index (Phi) is 5.00. The van der Waals surface area contributed by atoms with Gasteiger partial charge in [-0.3, -0.25) is 0 Å². The van der Waals surface area contributed by atoms with Gasteiger partial charge in [0.05, 0.1) is 17.1 Å². The van der Waals surface area contributed by atoms with Crippen LogP contribution in [-0.2, 0) is 16.6 Å². The summed E-state index contributed by atoms with van der Waals surface area (Å²) in [7, 11) is -0.0171. The zero-order valence-corrected chi connectivity index (χ0v) is 14.1. The van der Waals surface area contributed by atoms with Crippen LogP contribution in [0, 0.1) is 6.92 Å². The Morgan fingerprint density at radius 1 is 1.27 bits per heavy atom. The van der Waals surface area contributed by atoms with Crippen molar-refractivity contribution >= 4 is 27.6 Å². The lowest BCUT2D eigenvalue weighted by Crippen LogP contribution is -2.25. The van der Waals surface area contributed by atoms with E-state index in [1.807, 2.05) is 14.1 Å². The topological polar surface area (TPSA) is 75.2 Å². The van der Waals surface area contributed by atoms with Crippen LogP contribution in [0.3, 0.4) is 0 Å². The molecule has 0 aliphatic carbocycles. The van der Waals surface area contributed by atoms with Crippen LogP contribution in [0.4, 0.5) is 5.95 Å². The molecule has 6 nitrogen and oxygen atoms in total. The van der Waals surface area contributed by atoms with Crippen molar-refractivity contribution in [2.24, 2.45) is 0 Å². The van der Waals surface area contributed by atoms with Crippen molar-refractivity contribution < 1.29 is 8.42 Å². The molecule has 1 N–H and O–H groups in total. The lowest BCUT2D eigenvalue weighted by molar-refractivity contribution is 0.579. The fraction of sp³-hybridized carbons (Fsp3) is 0.286. The van der Waals surface area contributed by atoms with Crippen molar-refractivity contribution in [2.75, 3.05) is 19.0 Å². The molecule has 0 saturated heterocycles. The van der Waals surface area contributed by atoms with E-state index in [9.17, 15) is 8.42 Å². The van der Waals surface area contributed by atoms with Crippen LogP contribution in [0.15, 0.2) is 35.4 Å². The number of benzene rings is 1. The normalized spacial score (nSPS) is 11.5. The molecule has 0 aliphatic rings. The largest absolute Gasteiger partial charge is 0.347 e. The summed E-state index contributed by atoms with van der Waals surface area (Å²) in [6, 6.07) is 6.46. The average Bonchev–Trinajstić information content (AvgIpc) is 2.48. The van der Waals surface area contributed by atoms with E-state index in [0.717, 1.165) is 0 Å². The van der Waals surface area contributed by atoms with Gasteiger partial charge >= 0.3 is 0 Å². The first-order chi connectivity index (χ1) is 10.3. The van der Waals surface area contributed by atoms with Crippen molar-refractivity contribution in [3.63, 3.8) is 0 Å². The summed E-state index contributed by atoms with van der Waals surface area (Å²) < 4.78 is 27.3. The highest BCUT2D eigenvalue weighted by Crippen LogP contribution is 2.22. The second-order valence-electron chi connectivity index (χ2n) is 4.93. The smallest absolute Gasteiger partial charge is 0.241 e. The fourth-order valence-corrected chi connectivity index (χ4v) is 3.32. The first kappa shape index (κ1) is 16.7. The molecule has 0 fully saturated rings. The molecule has 0 spiro atoms. The number of halogens is 1. The van der Waals surface area contributed by atoms with Gasteiger partial charge in [0.2, 0.25) is 16.0 Å². The quantitative estimate of drug-likeness (QED) is 0.900. The molecule has 0 aliphatic heterocycles. The molecule has 1 heterocycles. The van der Waals surface area contributed by atoms with Gasteiger partial charge in [-0.05, 0) is 30.7 Å². The first-order valence-electron chi connectivity index (χ1n) is 6.55. The van der Waals surface area contributed by atoms with Crippen molar-refractivity contribution in [3.05, 3.63) is 46.7 Å². The number of nitrogens with zero attached hydrogens (tertiary/aromatic N) is 3. The number of anilines is 1. The van der Waals surface area contributed by atoms with Crippen LogP contribution in [-0.4, -0.2) is 32.5 Å². The molecule has 118 valence electrons. The van der Waals surface area contributed by atoms with E-state index in [-0.39, 0.29) is 11.4 Å². The van der Waals surface area contributed by atoms with Gasteiger partial charge in [0, 0.05) is 25.3 Å². The van der Waals surface area contributed by atoms with Gasteiger partial charge in [-0.1, -0.05) is 17.7 Å². The molecule has 8 heteroatoms. The van der Waals surface area contributed by atoms with Crippen molar-refractivity contribution in [2.45, 2.75) is 18.4 Å². The zero-order chi connectivity index (χ0) is 16.3. The standard InChI is InChI=1S/C14H17ClN4O2S/c1-10-12(15)5-4-6-13(10)22(20,21)17-9-11-7-8-16-14(18-11)19(2)3/h4-8,17H,9H2,1-3H3. The Morgan fingerprint density at radius 3 is 2.68 bits per heavy atom. The minimum atomic E-state index is -3.65. The lowest BCUT2D eigenvalue weighted by atomic mass is 10.2. The van der Waals surface area contributed by atoms with Gasteiger partial charge < -0.3 is 4.90 Å². The Bertz CT molecular complexity index is 778. The number of hydrogen-bond acceptors (Lipinski definition) is 5. The summed E-state index contributed by atoms with van der Waals surface area (Å²) >= 11 is 5.97. The highest BCUT2D eigenvalue weighted by Gasteiger charge is 2.18. The molecular formula is C14H17ClN4O2S. The van der Waals surface area contributed by atoms with E-state index in [2.05, 4.69) is 14.7 Å². The van der Waals surface area contributed by atoms with Crippen LogP contribution in [0.25, 0.3) is 0 Å². The van der Waals surface area contributed by atoms with Crippen LogP contribution in [0.1, 0.15) is 11.3 Å². The lowest BCUT2D eigenvalue weighted by Gasteiger charge is -2.12. The van der Waals surface area contributed by atoms with Crippen LogP contribution < -0.4 is 9.62 Å². The molecule has 1 aromatic carbocycles. The number of sulfonamides is 1. The maximum absolute atomic E-state index is 12.4. The van der Waals surface area contributed by atoms with Crippen LogP contribution in [0.5, 0.6) is 0 Å². The van der Waals surface area contributed by atoms with Crippen LogP contribution >= 0.6 is 11.6 Å². The molecule has 1 aromatic heterocycles. The molecule has 22 heavy (non-hydrogen) atoms. The molecule has 0 atom stereocenters. The molecule has 0 amide bonds. The fourth-order valence-electron chi connectivity index (χ4n) is 1.82. The molecular weight excluding hydrogens is 324 g/mol. The maximum atomic E-state index is 12.4. The zero-order valence-electron chi connectivity index (χ0n) is 12.5. The van der Waals surface area contributed by atoms with Crippen molar-refractivity contribution in [1.82, 2.24) is 14.7 Å². The third-order valence-corrected chi connectivity index (χ3v) is 5.01. The predicted octanol–water partition coefficient (Wildman–Crippen LogP) is 1.98. The number of nitrogens with one attached hydrogen (secondary N) is 1. The Morgan fingerprint density at radius 2 is 2.00 bits per heavy atom. The van der Waals surface area contributed by atoms with Crippen molar-refractivity contribution in [3.8, 4) is 0 Å². The molecule has 0 unspecified atom stereocenters. The first-order valence-corrected chi connectivity index (χ1v) is 8.41. The highest BCUT2D eigenvalue weighted by molar-refractivity contribution is 7.89. The monoisotopic (exact) mass is 340 g/mol. The van der Waals surface area contributed by atoms with E-state index in [1.165, 1.54) is 6.07 Å². The van der Waals surface area contributed by atoms with Crippen LogP contribution in [0.2, 0.25) is 5.02 Å². The molecule has 0 saturated carbocycles.